The monoisotopic (exact) mass is 408 g/mol. The molecule has 2 N–H and O–H groups in total. The number of halogens is 1. The number of aromatic nitrogens is 2. The van der Waals surface area contributed by atoms with E-state index in [1.54, 1.807) is 35.0 Å². The summed E-state index contributed by atoms with van der Waals surface area (Å²) in [5.74, 6) is -0.445. The molecule has 0 fully saturated rings. The van der Waals surface area contributed by atoms with Gasteiger partial charge in [-0.05, 0) is 61.7 Å². The Balaban J connectivity index is 1.67. The minimum atomic E-state index is -0.368. The summed E-state index contributed by atoms with van der Waals surface area (Å²) in [7, 11) is 1.50. The SMILES string of the molecule is COc1ccc(NC(C)=O)cc1NC(=O)c1nn(-c2ccc(F)cc2)c2c1CCC2. The molecular formula is C22H21FN4O3. The number of ether oxygens (including phenoxy) is 1. The molecule has 1 aliphatic rings. The number of anilines is 2. The smallest absolute Gasteiger partial charge is 0.276 e. The van der Waals surface area contributed by atoms with Gasteiger partial charge in [0.1, 0.15) is 11.6 Å². The van der Waals surface area contributed by atoms with Gasteiger partial charge in [0.25, 0.3) is 5.91 Å². The predicted molar refractivity (Wildman–Crippen MR) is 111 cm³/mol. The number of carbonyl (C=O) groups excluding carboxylic acids is 2. The van der Waals surface area contributed by atoms with Crippen LogP contribution in [0.2, 0.25) is 0 Å². The summed E-state index contributed by atoms with van der Waals surface area (Å²) in [6, 6.07) is 11.0. The van der Waals surface area contributed by atoms with Gasteiger partial charge in [0, 0.05) is 23.9 Å². The zero-order valence-electron chi connectivity index (χ0n) is 16.7. The van der Waals surface area contributed by atoms with Crippen molar-refractivity contribution in [1.29, 1.82) is 0 Å². The van der Waals surface area contributed by atoms with Gasteiger partial charge in [0.15, 0.2) is 5.69 Å². The summed E-state index contributed by atoms with van der Waals surface area (Å²) in [6.45, 7) is 1.41. The zero-order chi connectivity index (χ0) is 21.3. The minimum Gasteiger partial charge on any atom is -0.495 e. The van der Waals surface area contributed by atoms with Gasteiger partial charge in [0.2, 0.25) is 5.91 Å². The summed E-state index contributed by atoms with van der Waals surface area (Å²) in [6.07, 6.45) is 2.48. The molecular weight excluding hydrogens is 387 g/mol. The standard InChI is InChI=1S/C22H21FN4O3/c1-13(28)24-15-8-11-20(30-2)18(12-15)25-22(29)21-17-4-3-5-19(17)27(26-21)16-9-6-14(23)7-10-16/h6-12H,3-5H2,1-2H3,(H,24,28)(H,25,29). The fourth-order valence-corrected chi connectivity index (χ4v) is 3.68. The Hall–Kier alpha value is -3.68. The number of fused-ring (bicyclic) bond motifs is 1. The van der Waals surface area contributed by atoms with E-state index in [-0.39, 0.29) is 17.6 Å². The fourth-order valence-electron chi connectivity index (χ4n) is 3.68. The Kier molecular flexibility index (Phi) is 5.22. The Morgan fingerprint density at radius 3 is 2.57 bits per heavy atom. The molecule has 4 rings (SSSR count). The molecule has 1 heterocycles. The molecule has 0 unspecified atom stereocenters. The second kappa shape index (κ2) is 7.98. The molecule has 2 amide bonds. The van der Waals surface area contributed by atoms with Crippen molar-refractivity contribution in [3.8, 4) is 11.4 Å². The van der Waals surface area contributed by atoms with Gasteiger partial charge < -0.3 is 15.4 Å². The van der Waals surface area contributed by atoms with Crippen LogP contribution in [0.4, 0.5) is 15.8 Å². The van der Waals surface area contributed by atoms with Crippen LogP contribution in [0.5, 0.6) is 5.75 Å². The highest BCUT2D eigenvalue weighted by molar-refractivity contribution is 6.05. The lowest BCUT2D eigenvalue weighted by Crippen LogP contribution is -2.16. The van der Waals surface area contributed by atoms with Crippen LogP contribution in [0.1, 0.15) is 35.1 Å². The van der Waals surface area contributed by atoms with Gasteiger partial charge >= 0.3 is 0 Å². The topological polar surface area (TPSA) is 85.2 Å². The predicted octanol–water partition coefficient (Wildman–Crippen LogP) is 3.72. The molecule has 0 radical (unpaired) electrons. The second-order valence-electron chi connectivity index (χ2n) is 7.07. The third kappa shape index (κ3) is 3.76. The van der Waals surface area contributed by atoms with E-state index in [1.807, 2.05) is 0 Å². The van der Waals surface area contributed by atoms with E-state index in [0.717, 1.165) is 30.5 Å². The first-order valence-corrected chi connectivity index (χ1v) is 9.60. The number of hydrogen-bond acceptors (Lipinski definition) is 4. The number of nitrogens with zero attached hydrogens (tertiary/aromatic N) is 2. The van der Waals surface area contributed by atoms with Gasteiger partial charge in [-0.3, -0.25) is 9.59 Å². The number of hydrogen-bond donors (Lipinski definition) is 2. The second-order valence-corrected chi connectivity index (χ2v) is 7.07. The number of nitrogens with one attached hydrogen (secondary N) is 2. The van der Waals surface area contributed by atoms with Crippen molar-refractivity contribution in [3.63, 3.8) is 0 Å². The van der Waals surface area contributed by atoms with E-state index in [4.69, 9.17) is 4.74 Å². The number of carbonyl (C=O) groups is 2. The molecule has 1 aromatic heterocycles. The van der Waals surface area contributed by atoms with Crippen molar-refractivity contribution >= 4 is 23.2 Å². The van der Waals surface area contributed by atoms with Gasteiger partial charge in [-0.1, -0.05) is 0 Å². The normalized spacial score (nSPS) is 12.4. The van der Waals surface area contributed by atoms with Crippen LogP contribution in [0.25, 0.3) is 5.69 Å². The maximum absolute atomic E-state index is 13.3. The van der Waals surface area contributed by atoms with Gasteiger partial charge in [-0.25, -0.2) is 9.07 Å². The van der Waals surface area contributed by atoms with Crippen LogP contribution in [0.15, 0.2) is 42.5 Å². The number of benzene rings is 2. The van der Waals surface area contributed by atoms with Crippen molar-refractivity contribution in [1.82, 2.24) is 9.78 Å². The third-order valence-corrected chi connectivity index (χ3v) is 4.98. The number of rotatable bonds is 5. The van der Waals surface area contributed by atoms with Crippen molar-refractivity contribution in [3.05, 3.63) is 65.2 Å². The highest BCUT2D eigenvalue weighted by Crippen LogP contribution is 2.31. The Morgan fingerprint density at radius 2 is 1.87 bits per heavy atom. The van der Waals surface area contributed by atoms with E-state index in [0.29, 0.717) is 28.5 Å². The van der Waals surface area contributed by atoms with Gasteiger partial charge in [-0.2, -0.15) is 5.10 Å². The van der Waals surface area contributed by atoms with Crippen LogP contribution in [0, 0.1) is 5.82 Å². The third-order valence-electron chi connectivity index (χ3n) is 4.98. The summed E-state index contributed by atoms with van der Waals surface area (Å²) in [5, 5.41) is 10.1. The van der Waals surface area contributed by atoms with Crippen LogP contribution >= 0.6 is 0 Å². The van der Waals surface area contributed by atoms with Crippen molar-refractivity contribution in [2.75, 3.05) is 17.7 Å². The van der Waals surface area contributed by atoms with Crippen LogP contribution < -0.4 is 15.4 Å². The summed E-state index contributed by atoms with van der Waals surface area (Å²) >= 11 is 0. The molecule has 0 atom stereocenters. The quantitative estimate of drug-likeness (QED) is 0.674. The Morgan fingerprint density at radius 1 is 1.10 bits per heavy atom. The molecule has 1 aliphatic carbocycles. The van der Waals surface area contributed by atoms with E-state index >= 15 is 0 Å². The average Bonchev–Trinajstić information content (AvgIpc) is 3.31. The summed E-state index contributed by atoms with van der Waals surface area (Å²) in [4.78, 5) is 24.4. The molecule has 0 saturated carbocycles. The van der Waals surface area contributed by atoms with Crippen molar-refractivity contribution in [2.45, 2.75) is 26.2 Å². The highest BCUT2D eigenvalue weighted by Gasteiger charge is 2.27. The molecule has 7 nitrogen and oxygen atoms in total. The number of amides is 2. The lowest BCUT2D eigenvalue weighted by molar-refractivity contribution is -0.114. The van der Waals surface area contributed by atoms with E-state index in [9.17, 15) is 14.0 Å². The Labute approximate surface area is 172 Å². The molecule has 0 spiro atoms. The first-order valence-electron chi connectivity index (χ1n) is 9.60. The molecule has 3 aromatic rings. The van der Waals surface area contributed by atoms with Crippen LogP contribution in [0.3, 0.4) is 0 Å². The maximum Gasteiger partial charge on any atom is 0.276 e. The first-order chi connectivity index (χ1) is 14.5. The first kappa shape index (κ1) is 19.6. The molecule has 0 bridgehead atoms. The van der Waals surface area contributed by atoms with Crippen molar-refractivity contribution in [2.24, 2.45) is 0 Å². The fraction of sp³-hybridized carbons (Fsp3) is 0.227. The van der Waals surface area contributed by atoms with Crippen molar-refractivity contribution < 1.29 is 18.7 Å². The highest BCUT2D eigenvalue weighted by atomic mass is 19.1. The largest absolute Gasteiger partial charge is 0.495 e. The van der Waals surface area contributed by atoms with E-state index in [2.05, 4.69) is 15.7 Å². The lowest BCUT2D eigenvalue weighted by atomic mass is 10.2. The molecule has 8 heteroatoms. The van der Waals surface area contributed by atoms with Crippen LogP contribution in [-0.2, 0) is 17.6 Å². The van der Waals surface area contributed by atoms with E-state index in [1.165, 1.54) is 26.2 Å². The summed E-state index contributed by atoms with van der Waals surface area (Å²) < 4.78 is 20.3. The maximum atomic E-state index is 13.3. The lowest BCUT2D eigenvalue weighted by Gasteiger charge is -2.12. The molecule has 154 valence electrons. The van der Waals surface area contributed by atoms with Gasteiger partial charge in [-0.15, -0.1) is 0 Å². The number of methoxy groups -OCH3 is 1. The molecule has 0 saturated heterocycles. The van der Waals surface area contributed by atoms with Crippen LogP contribution in [-0.4, -0.2) is 28.7 Å². The average molecular weight is 408 g/mol. The summed E-state index contributed by atoms with van der Waals surface area (Å²) in [5.41, 5.74) is 3.87. The molecule has 0 aliphatic heterocycles. The molecule has 30 heavy (non-hydrogen) atoms. The molecule has 2 aromatic carbocycles. The zero-order valence-corrected chi connectivity index (χ0v) is 16.7. The minimum absolute atomic E-state index is 0.215. The van der Waals surface area contributed by atoms with Gasteiger partial charge in [0.05, 0.1) is 18.5 Å². The van der Waals surface area contributed by atoms with E-state index < -0.39 is 0 Å². The Bertz CT molecular complexity index is 1120.